The van der Waals surface area contributed by atoms with Gasteiger partial charge in [0, 0.05) is 5.02 Å². The van der Waals surface area contributed by atoms with Gasteiger partial charge in [0.25, 0.3) is 0 Å². The van der Waals surface area contributed by atoms with Crippen molar-refractivity contribution >= 4 is 33.6 Å². The van der Waals surface area contributed by atoms with E-state index in [9.17, 15) is 18.0 Å². The minimum Gasteiger partial charge on any atom is -0.481 e. The molecule has 1 atom stereocenters. The standard InChI is InChI=1S/C10H10ClNO6S/c11-6-1-3-7(4-2-6)19(17,18)12-8(10(15)16)5-9(13)14/h1-4,8,12H,5H2,(H,13,14)(H,15,16)/t8-/m1/s1. The molecule has 1 aromatic rings. The Morgan fingerprint density at radius 3 is 2.16 bits per heavy atom. The molecule has 7 nitrogen and oxygen atoms in total. The van der Waals surface area contributed by atoms with Gasteiger partial charge in [-0.1, -0.05) is 11.6 Å². The van der Waals surface area contributed by atoms with Gasteiger partial charge in [-0.3, -0.25) is 9.59 Å². The number of benzene rings is 1. The summed E-state index contributed by atoms with van der Waals surface area (Å²) in [5.74, 6) is -2.99. The third kappa shape index (κ3) is 4.51. The van der Waals surface area contributed by atoms with Crippen LogP contribution in [0, 0.1) is 0 Å². The highest BCUT2D eigenvalue weighted by Crippen LogP contribution is 2.14. The van der Waals surface area contributed by atoms with Crippen LogP contribution in [0.15, 0.2) is 29.2 Å². The molecule has 1 rings (SSSR count). The summed E-state index contributed by atoms with van der Waals surface area (Å²) in [5, 5.41) is 17.6. The molecule has 0 aromatic heterocycles. The van der Waals surface area contributed by atoms with Crippen LogP contribution in [0.3, 0.4) is 0 Å². The van der Waals surface area contributed by atoms with E-state index in [0.717, 1.165) is 0 Å². The number of carboxylic acids is 2. The van der Waals surface area contributed by atoms with Crippen molar-refractivity contribution in [1.29, 1.82) is 0 Å². The van der Waals surface area contributed by atoms with Crippen molar-refractivity contribution in [2.24, 2.45) is 0 Å². The van der Waals surface area contributed by atoms with Gasteiger partial charge in [0.2, 0.25) is 10.0 Å². The first-order chi connectivity index (χ1) is 8.72. The molecule has 19 heavy (non-hydrogen) atoms. The fourth-order valence-electron chi connectivity index (χ4n) is 1.22. The lowest BCUT2D eigenvalue weighted by molar-refractivity contribution is -0.145. The number of halogens is 1. The molecule has 0 saturated carbocycles. The van der Waals surface area contributed by atoms with E-state index in [4.69, 9.17) is 21.8 Å². The first-order valence-electron chi connectivity index (χ1n) is 4.95. The molecular formula is C10H10ClNO6S. The fraction of sp³-hybridized carbons (Fsp3) is 0.200. The van der Waals surface area contributed by atoms with Gasteiger partial charge < -0.3 is 10.2 Å². The normalized spacial score (nSPS) is 12.9. The van der Waals surface area contributed by atoms with Crippen LogP contribution in [0.5, 0.6) is 0 Å². The quantitative estimate of drug-likeness (QED) is 0.705. The van der Waals surface area contributed by atoms with Gasteiger partial charge in [0.1, 0.15) is 6.04 Å². The van der Waals surface area contributed by atoms with E-state index in [-0.39, 0.29) is 4.90 Å². The molecule has 0 aliphatic carbocycles. The Hall–Kier alpha value is -1.64. The molecule has 0 aliphatic heterocycles. The highest BCUT2D eigenvalue weighted by atomic mass is 35.5. The summed E-state index contributed by atoms with van der Waals surface area (Å²) >= 11 is 5.60. The number of aliphatic carboxylic acids is 2. The number of hydrogen-bond donors (Lipinski definition) is 3. The number of rotatable bonds is 6. The Morgan fingerprint density at radius 1 is 1.21 bits per heavy atom. The van der Waals surface area contributed by atoms with Crippen molar-refractivity contribution in [3.05, 3.63) is 29.3 Å². The highest BCUT2D eigenvalue weighted by Gasteiger charge is 2.27. The maximum atomic E-state index is 11.8. The minimum atomic E-state index is -4.12. The number of hydrogen-bond acceptors (Lipinski definition) is 4. The Balaban J connectivity index is 2.97. The Morgan fingerprint density at radius 2 is 1.74 bits per heavy atom. The van der Waals surface area contributed by atoms with Crippen LogP contribution in [-0.4, -0.2) is 36.6 Å². The van der Waals surface area contributed by atoms with E-state index < -0.39 is 34.4 Å². The minimum absolute atomic E-state index is 0.200. The van der Waals surface area contributed by atoms with Gasteiger partial charge in [-0.15, -0.1) is 0 Å². The second-order valence-electron chi connectivity index (χ2n) is 3.56. The number of nitrogens with one attached hydrogen (secondary N) is 1. The van der Waals surface area contributed by atoms with E-state index in [1.54, 1.807) is 0 Å². The summed E-state index contributed by atoms with van der Waals surface area (Å²) in [6.45, 7) is 0. The van der Waals surface area contributed by atoms with Crippen molar-refractivity contribution in [1.82, 2.24) is 4.72 Å². The molecule has 104 valence electrons. The van der Waals surface area contributed by atoms with Crippen LogP contribution in [-0.2, 0) is 19.6 Å². The molecule has 0 amide bonds. The zero-order chi connectivity index (χ0) is 14.6. The zero-order valence-corrected chi connectivity index (χ0v) is 11.0. The summed E-state index contributed by atoms with van der Waals surface area (Å²) < 4.78 is 25.5. The summed E-state index contributed by atoms with van der Waals surface area (Å²) in [6, 6.07) is 3.28. The largest absolute Gasteiger partial charge is 0.481 e. The zero-order valence-electron chi connectivity index (χ0n) is 9.41. The van der Waals surface area contributed by atoms with Crippen LogP contribution in [0.25, 0.3) is 0 Å². The van der Waals surface area contributed by atoms with Gasteiger partial charge in [0.15, 0.2) is 0 Å². The van der Waals surface area contributed by atoms with Gasteiger partial charge in [-0.2, -0.15) is 4.72 Å². The molecule has 0 heterocycles. The van der Waals surface area contributed by atoms with Crippen LogP contribution >= 0.6 is 11.6 Å². The molecule has 0 spiro atoms. The Bertz CT molecular complexity index is 583. The predicted molar refractivity (Wildman–Crippen MR) is 65.5 cm³/mol. The monoisotopic (exact) mass is 307 g/mol. The van der Waals surface area contributed by atoms with Crippen LogP contribution in [0.4, 0.5) is 0 Å². The van der Waals surface area contributed by atoms with Gasteiger partial charge in [-0.05, 0) is 24.3 Å². The van der Waals surface area contributed by atoms with Gasteiger partial charge in [0.05, 0.1) is 11.3 Å². The van der Waals surface area contributed by atoms with E-state index >= 15 is 0 Å². The SMILES string of the molecule is O=C(O)C[C@@H](NS(=O)(=O)c1ccc(Cl)cc1)C(=O)O. The molecule has 0 saturated heterocycles. The molecule has 1 aromatic carbocycles. The smallest absolute Gasteiger partial charge is 0.322 e. The Kier molecular flexibility index (Phi) is 4.87. The topological polar surface area (TPSA) is 121 Å². The Labute approximate surface area is 113 Å². The predicted octanol–water partition coefficient (Wildman–Crippen LogP) is 0.546. The second kappa shape index (κ2) is 6.00. The lowest BCUT2D eigenvalue weighted by Crippen LogP contribution is -2.42. The molecule has 3 N–H and O–H groups in total. The van der Waals surface area contributed by atoms with Gasteiger partial charge >= 0.3 is 11.9 Å². The number of sulfonamides is 1. The maximum Gasteiger partial charge on any atom is 0.322 e. The third-order valence-corrected chi connectivity index (χ3v) is 3.84. The second-order valence-corrected chi connectivity index (χ2v) is 5.71. The van der Waals surface area contributed by atoms with Crippen LogP contribution < -0.4 is 4.72 Å². The maximum absolute atomic E-state index is 11.8. The average molecular weight is 308 g/mol. The molecule has 0 bridgehead atoms. The molecule has 0 unspecified atom stereocenters. The van der Waals surface area contributed by atoms with Crippen molar-refractivity contribution in [3.8, 4) is 0 Å². The van der Waals surface area contributed by atoms with Crippen molar-refractivity contribution in [3.63, 3.8) is 0 Å². The average Bonchev–Trinajstić information content (AvgIpc) is 2.27. The summed E-state index contributed by atoms with van der Waals surface area (Å²) in [5.41, 5.74) is 0. The summed E-state index contributed by atoms with van der Waals surface area (Å²) in [4.78, 5) is 21.1. The van der Waals surface area contributed by atoms with Crippen LogP contribution in [0.2, 0.25) is 5.02 Å². The van der Waals surface area contributed by atoms with Crippen molar-refractivity contribution < 1.29 is 28.2 Å². The first-order valence-corrected chi connectivity index (χ1v) is 6.81. The van der Waals surface area contributed by atoms with E-state index in [2.05, 4.69) is 0 Å². The first kappa shape index (κ1) is 15.4. The molecule has 0 fully saturated rings. The fourth-order valence-corrected chi connectivity index (χ4v) is 2.54. The van der Waals surface area contributed by atoms with E-state index in [1.165, 1.54) is 24.3 Å². The molecular weight excluding hydrogens is 298 g/mol. The molecule has 0 aliphatic rings. The summed E-state index contributed by atoms with van der Waals surface area (Å²) in [6.07, 6.45) is -0.859. The highest BCUT2D eigenvalue weighted by molar-refractivity contribution is 7.89. The number of carboxylic acid groups (broad SMARTS) is 2. The lowest BCUT2D eigenvalue weighted by atomic mass is 10.2. The molecule has 9 heteroatoms. The van der Waals surface area contributed by atoms with Crippen LogP contribution in [0.1, 0.15) is 6.42 Å². The van der Waals surface area contributed by atoms with Gasteiger partial charge in [-0.25, -0.2) is 8.42 Å². The van der Waals surface area contributed by atoms with E-state index in [1.807, 2.05) is 4.72 Å². The molecule has 0 radical (unpaired) electrons. The summed E-state index contributed by atoms with van der Waals surface area (Å²) in [7, 11) is -4.12. The van der Waals surface area contributed by atoms with Crippen molar-refractivity contribution in [2.75, 3.05) is 0 Å². The van der Waals surface area contributed by atoms with Crippen molar-refractivity contribution in [2.45, 2.75) is 17.4 Å². The number of carbonyl (C=O) groups is 2. The third-order valence-electron chi connectivity index (χ3n) is 2.10. The van der Waals surface area contributed by atoms with E-state index in [0.29, 0.717) is 5.02 Å². The lowest BCUT2D eigenvalue weighted by Gasteiger charge is -2.12.